The summed E-state index contributed by atoms with van der Waals surface area (Å²) in [6, 6.07) is 14.3. The summed E-state index contributed by atoms with van der Waals surface area (Å²) in [5.41, 5.74) is 4.74. The lowest BCUT2D eigenvalue weighted by Crippen LogP contribution is -2.23. The summed E-state index contributed by atoms with van der Waals surface area (Å²) in [5.74, 6) is 1.74. The second-order valence-electron chi connectivity index (χ2n) is 8.54. The van der Waals surface area contributed by atoms with Crippen LogP contribution in [0.2, 0.25) is 0 Å². The number of hydrogen-bond donors (Lipinski definition) is 4. The smallest absolute Gasteiger partial charge is 0.270 e. The number of carbonyl (C=O) groups is 1. The first-order valence-corrected chi connectivity index (χ1v) is 12.0. The van der Waals surface area contributed by atoms with Crippen molar-refractivity contribution in [3.8, 4) is 28.5 Å². The van der Waals surface area contributed by atoms with E-state index in [4.69, 9.17) is 4.74 Å². The van der Waals surface area contributed by atoms with Crippen LogP contribution in [-0.2, 0) is 13.2 Å². The number of H-pyrrole nitrogens is 1. The molecule has 0 unspecified atom stereocenters. The van der Waals surface area contributed by atoms with E-state index in [1.54, 1.807) is 56.0 Å². The zero-order valence-corrected chi connectivity index (χ0v) is 21.2. The summed E-state index contributed by atoms with van der Waals surface area (Å²) in [5, 5.41) is 22.0. The van der Waals surface area contributed by atoms with Crippen LogP contribution in [0.1, 0.15) is 27.4 Å². The molecule has 0 saturated carbocycles. The van der Waals surface area contributed by atoms with Gasteiger partial charge in [-0.1, -0.05) is 6.07 Å². The van der Waals surface area contributed by atoms with Crippen LogP contribution in [0.5, 0.6) is 5.88 Å². The molecule has 0 radical (unpaired) electrons. The van der Waals surface area contributed by atoms with Crippen LogP contribution in [0.15, 0.2) is 67.1 Å². The molecule has 5 aromatic rings. The van der Waals surface area contributed by atoms with E-state index in [2.05, 4.69) is 45.8 Å². The van der Waals surface area contributed by atoms with Gasteiger partial charge in [0.1, 0.15) is 11.5 Å². The number of anilines is 2. The van der Waals surface area contributed by atoms with Gasteiger partial charge in [-0.2, -0.15) is 5.10 Å². The molecule has 12 heteroatoms. The van der Waals surface area contributed by atoms with Gasteiger partial charge >= 0.3 is 0 Å². The van der Waals surface area contributed by atoms with Crippen molar-refractivity contribution in [2.24, 2.45) is 0 Å². The third-order valence-corrected chi connectivity index (χ3v) is 5.68. The van der Waals surface area contributed by atoms with Gasteiger partial charge in [-0.05, 0) is 36.8 Å². The fourth-order valence-corrected chi connectivity index (χ4v) is 3.69. The molecular formula is C27H25N9O3. The van der Waals surface area contributed by atoms with Crippen molar-refractivity contribution in [3.05, 3.63) is 89.8 Å². The molecule has 0 atom stereocenters. The minimum Gasteiger partial charge on any atom is -0.481 e. The highest BCUT2D eigenvalue weighted by molar-refractivity contribution is 5.92. The zero-order chi connectivity index (χ0) is 27.2. The van der Waals surface area contributed by atoms with E-state index in [-0.39, 0.29) is 18.2 Å². The Bertz CT molecular complexity index is 1570. The first-order chi connectivity index (χ1) is 19.0. The van der Waals surface area contributed by atoms with Crippen LogP contribution in [0.4, 0.5) is 11.6 Å². The first-order valence-electron chi connectivity index (χ1n) is 12.0. The minimum absolute atomic E-state index is 0.139. The molecular weight excluding hydrogens is 498 g/mol. The van der Waals surface area contributed by atoms with Crippen LogP contribution in [0.25, 0.3) is 22.6 Å². The molecule has 12 nitrogen and oxygen atoms in total. The standard InChI is InChI=1S/C27H25N9O3/c1-16-9-23(33-24-10-20(15-37)35-36-24)34-26(32-16)19-4-7-22(29-14-19)27(38)31-12-17-3-6-21(28-11-17)18-5-8-25(39-2)30-13-18/h3-11,13-14,37H,12,15H2,1-2H3,(H,31,38)(H2,32,33,34,35,36). The molecule has 0 aromatic carbocycles. The maximum atomic E-state index is 12.7. The molecule has 0 aliphatic heterocycles. The number of pyridine rings is 3. The van der Waals surface area contributed by atoms with Crippen LogP contribution in [-0.4, -0.2) is 53.2 Å². The lowest BCUT2D eigenvalue weighted by molar-refractivity contribution is 0.0946. The van der Waals surface area contributed by atoms with Crippen LogP contribution in [0, 0.1) is 6.92 Å². The van der Waals surface area contributed by atoms with Crippen molar-refractivity contribution in [2.75, 3.05) is 12.4 Å². The second kappa shape index (κ2) is 11.4. The quantitative estimate of drug-likeness (QED) is 0.225. The Labute approximate surface area is 223 Å². The summed E-state index contributed by atoms with van der Waals surface area (Å²) in [4.78, 5) is 34.6. The second-order valence-corrected chi connectivity index (χ2v) is 8.54. The van der Waals surface area contributed by atoms with Crippen molar-refractivity contribution in [2.45, 2.75) is 20.1 Å². The highest BCUT2D eigenvalue weighted by atomic mass is 16.5. The van der Waals surface area contributed by atoms with Gasteiger partial charge in [0, 0.05) is 60.2 Å². The molecule has 0 aliphatic carbocycles. The van der Waals surface area contributed by atoms with Gasteiger partial charge in [0.2, 0.25) is 5.88 Å². The Balaban J connectivity index is 1.21. The number of hydrogen-bond acceptors (Lipinski definition) is 10. The number of aromatic nitrogens is 7. The van der Waals surface area contributed by atoms with Crippen molar-refractivity contribution in [3.63, 3.8) is 0 Å². The lowest BCUT2D eigenvalue weighted by atomic mass is 10.1. The molecule has 0 saturated heterocycles. The van der Waals surface area contributed by atoms with Gasteiger partial charge in [-0.15, -0.1) is 0 Å². The number of amides is 1. The normalized spacial score (nSPS) is 10.7. The molecule has 5 heterocycles. The van der Waals surface area contributed by atoms with Crippen molar-refractivity contribution in [1.29, 1.82) is 0 Å². The Morgan fingerprint density at radius 3 is 2.46 bits per heavy atom. The van der Waals surface area contributed by atoms with Gasteiger partial charge in [-0.25, -0.2) is 15.0 Å². The number of ether oxygens (including phenoxy) is 1. The highest BCUT2D eigenvalue weighted by Gasteiger charge is 2.11. The highest BCUT2D eigenvalue weighted by Crippen LogP contribution is 2.21. The van der Waals surface area contributed by atoms with E-state index < -0.39 is 0 Å². The summed E-state index contributed by atoms with van der Waals surface area (Å²) in [6.45, 7) is 2.02. The van der Waals surface area contributed by atoms with E-state index in [9.17, 15) is 9.90 Å². The Kier molecular flexibility index (Phi) is 7.46. The largest absolute Gasteiger partial charge is 0.481 e. The number of aromatic amines is 1. The third-order valence-electron chi connectivity index (χ3n) is 5.68. The number of nitrogens with one attached hydrogen (secondary N) is 3. The number of nitrogens with zero attached hydrogens (tertiary/aromatic N) is 6. The molecule has 1 amide bonds. The first kappa shape index (κ1) is 25.4. The minimum atomic E-state index is -0.310. The Hall–Kier alpha value is -5.23. The van der Waals surface area contributed by atoms with Gasteiger partial charge in [-0.3, -0.25) is 19.9 Å². The molecule has 4 N–H and O–H groups in total. The van der Waals surface area contributed by atoms with E-state index in [1.807, 2.05) is 25.1 Å². The molecule has 5 aromatic heterocycles. The SMILES string of the molecule is COc1ccc(-c2ccc(CNC(=O)c3ccc(-c4nc(C)cc(Nc5cc(CO)[nH]n5)n4)cn3)cn2)cn1. The summed E-state index contributed by atoms with van der Waals surface area (Å²) in [7, 11) is 1.57. The van der Waals surface area contributed by atoms with Gasteiger partial charge in [0.25, 0.3) is 5.91 Å². The molecule has 5 rings (SSSR count). The summed E-state index contributed by atoms with van der Waals surface area (Å²) in [6.07, 6.45) is 4.97. The maximum Gasteiger partial charge on any atom is 0.270 e. The van der Waals surface area contributed by atoms with Crippen LogP contribution >= 0.6 is 0 Å². The van der Waals surface area contributed by atoms with Crippen LogP contribution < -0.4 is 15.4 Å². The summed E-state index contributed by atoms with van der Waals surface area (Å²) < 4.78 is 5.08. The molecule has 0 aliphatic rings. The molecule has 0 fully saturated rings. The predicted molar refractivity (Wildman–Crippen MR) is 143 cm³/mol. The van der Waals surface area contributed by atoms with Gasteiger partial charge < -0.3 is 20.5 Å². The number of rotatable bonds is 9. The average Bonchev–Trinajstić information content (AvgIpc) is 3.43. The van der Waals surface area contributed by atoms with Crippen molar-refractivity contribution >= 4 is 17.5 Å². The molecule has 0 spiro atoms. The van der Waals surface area contributed by atoms with E-state index in [0.29, 0.717) is 41.1 Å². The number of methoxy groups -OCH3 is 1. The number of aliphatic hydroxyl groups excluding tert-OH is 1. The zero-order valence-electron chi connectivity index (χ0n) is 21.2. The third kappa shape index (κ3) is 6.19. The molecule has 196 valence electrons. The number of carbonyl (C=O) groups excluding carboxylic acids is 1. The number of aryl methyl sites for hydroxylation is 1. The van der Waals surface area contributed by atoms with Crippen molar-refractivity contribution in [1.82, 2.24) is 40.4 Å². The molecule has 39 heavy (non-hydrogen) atoms. The maximum absolute atomic E-state index is 12.7. The number of aliphatic hydroxyl groups is 1. The predicted octanol–water partition coefficient (Wildman–Crippen LogP) is 3.20. The topological polar surface area (TPSA) is 164 Å². The van der Waals surface area contributed by atoms with E-state index >= 15 is 0 Å². The summed E-state index contributed by atoms with van der Waals surface area (Å²) >= 11 is 0. The van der Waals surface area contributed by atoms with Crippen LogP contribution in [0.3, 0.4) is 0 Å². The van der Waals surface area contributed by atoms with E-state index in [0.717, 1.165) is 22.5 Å². The lowest BCUT2D eigenvalue weighted by Gasteiger charge is -2.08. The Morgan fingerprint density at radius 1 is 0.949 bits per heavy atom. The Morgan fingerprint density at radius 2 is 1.79 bits per heavy atom. The fourth-order valence-electron chi connectivity index (χ4n) is 3.69. The van der Waals surface area contributed by atoms with Gasteiger partial charge in [0.15, 0.2) is 11.6 Å². The fraction of sp³-hybridized carbons (Fsp3) is 0.148. The van der Waals surface area contributed by atoms with E-state index in [1.165, 1.54) is 0 Å². The monoisotopic (exact) mass is 523 g/mol. The van der Waals surface area contributed by atoms with Crippen molar-refractivity contribution < 1.29 is 14.6 Å². The van der Waals surface area contributed by atoms with Gasteiger partial charge in [0.05, 0.1) is 25.1 Å². The molecule has 0 bridgehead atoms. The average molecular weight is 524 g/mol.